The van der Waals surface area contributed by atoms with Crippen molar-refractivity contribution in [3.05, 3.63) is 35.9 Å². The highest BCUT2D eigenvalue weighted by Gasteiger charge is 2.25. The van der Waals surface area contributed by atoms with Gasteiger partial charge >= 0.3 is 5.97 Å². The maximum Gasteiger partial charge on any atom is 0.303 e. The van der Waals surface area contributed by atoms with Crippen molar-refractivity contribution in [3.8, 4) is 0 Å². The van der Waals surface area contributed by atoms with Gasteiger partial charge in [0.15, 0.2) is 0 Å². The number of hydrogen-bond donors (Lipinski definition) is 0. The molecule has 0 spiro atoms. The zero-order valence-electron chi connectivity index (χ0n) is 9.77. The first-order valence-electron chi connectivity index (χ1n) is 5.25. The Kier molecular flexibility index (Phi) is 4.23. The van der Waals surface area contributed by atoms with Crippen molar-refractivity contribution in [2.75, 3.05) is 0 Å². The largest absolute Gasteiger partial charge is 0.457 e. The van der Waals surface area contributed by atoms with Crippen LogP contribution in [0.2, 0.25) is 0 Å². The predicted octanol–water partition coefficient (Wildman–Crippen LogP) is 2.52. The van der Waals surface area contributed by atoms with Gasteiger partial charge in [-0.25, -0.2) is 0 Å². The van der Waals surface area contributed by atoms with Gasteiger partial charge in [-0.05, 0) is 12.5 Å². The Bertz CT molecular complexity index is 370. The molecule has 0 amide bonds. The predicted molar refractivity (Wildman–Crippen MR) is 60.8 cm³/mol. The maximum atomic E-state index is 11.3. The van der Waals surface area contributed by atoms with E-state index in [1.807, 2.05) is 30.3 Å². The lowest BCUT2D eigenvalue weighted by Crippen LogP contribution is -2.21. The van der Waals surface area contributed by atoms with Crippen LogP contribution in [0.25, 0.3) is 0 Å². The molecule has 0 bridgehead atoms. The molecular weight excluding hydrogens is 204 g/mol. The SMILES string of the molecule is CC(=O)O[C@@H](c1ccccc1)[C@@H](C)C(C)=O. The van der Waals surface area contributed by atoms with Gasteiger partial charge in [-0.15, -0.1) is 0 Å². The molecule has 0 aliphatic heterocycles. The molecule has 1 rings (SSSR count). The molecule has 0 aromatic heterocycles. The highest BCUT2D eigenvalue weighted by Crippen LogP contribution is 2.26. The molecule has 3 nitrogen and oxygen atoms in total. The van der Waals surface area contributed by atoms with Gasteiger partial charge in [-0.3, -0.25) is 9.59 Å². The highest BCUT2D eigenvalue weighted by atomic mass is 16.5. The second-order valence-electron chi connectivity index (χ2n) is 3.84. The van der Waals surface area contributed by atoms with Gasteiger partial charge in [0.05, 0.1) is 5.92 Å². The fraction of sp³-hybridized carbons (Fsp3) is 0.385. The summed E-state index contributed by atoms with van der Waals surface area (Å²) in [5.41, 5.74) is 0.848. The quantitative estimate of drug-likeness (QED) is 0.732. The second-order valence-corrected chi connectivity index (χ2v) is 3.84. The van der Waals surface area contributed by atoms with E-state index in [0.717, 1.165) is 5.56 Å². The van der Waals surface area contributed by atoms with E-state index in [1.54, 1.807) is 6.92 Å². The molecule has 0 radical (unpaired) electrons. The molecule has 0 fully saturated rings. The van der Waals surface area contributed by atoms with Gasteiger partial charge < -0.3 is 4.74 Å². The molecule has 1 aromatic carbocycles. The van der Waals surface area contributed by atoms with Crippen LogP contribution < -0.4 is 0 Å². The molecule has 2 atom stereocenters. The minimum absolute atomic E-state index is 0.00935. The number of carbonyl (C=O) groups excluding carboxylic acids is 2. The molecule has 0 unspecified atom stereocenters. The minimum Gasteiger partial charge on any atom is -0.457 e. The molecule has 0 heterocycles. The lowest BCUT2D eigenvalue weighted by atomic mass is 9.94. The van der Waals surface area contributed by atoms with E-state index in [1.165, 1.54) is 13.8 Å². The van der Waals surface area contributed by atoms with Gasteiger partial charge in [0.25, 0.3) is 0 Å². The van der Waals surface area contributed by atoms with Crippen LogP contribution in [0.3, 0.4) is 0 Å². The molecule has 0 saturated heterocycles. The Hall–Kier alpha value is -1.64. The number of ether oxygens (including phenoxy) is 1. The highest BCUT2D eigenvalue weighted by molar-refractivity contribution is 5.79. The Labute approximate surface area is 95.4 Å². The van der Waals surface area contributed by atoms with Crippen molar-refractivity contribution < 1.29 is 14.3 Å². The fourth-order valence-electron chi connectivity index (χ4n) is 1.49. The van der Waals surface area contributed by atoms with Crippen LogP contribution in [-0.4, -0.2) is 11.8 Å². The van der Waals surface area contributed by atoms with E-state index in [0.29, 0.717) is 0 Å². The number of Topliss-reactive ketones (excluding diaryl/α,β-unsaturated/α-hetero) is 1. The topological polar surface area (TPSA) is 43.4 Å². The normalized spacial score (nSPS) is 13.9. The molecule has 0 N–H and O–H groups in total. The third-order valence-corrected chi connectivity index (χ3v) is 2.52. The van der Waals surface area contributed by atoms with Crippen molar-refractivity contribution in [1.29, 1.82) is 0 Å². The van der Waals surface area contributed by atoms with Crippen LogP contribution in [0.4, 0.5) is 0 Å². The molecule has 0 aliphatic carbocycles. The first-order valence-corrected chi connectivity index (χ1v) is 5.25. The summed E-state index contributed by atoms with van der Waals surface area (Å²) >= 11 is 0. The summed E-state index contributed by atoms with van der Waals surface area (Å²) in [6, 6.07) is 9.31. The van der Waals surface area contributed by atoms with Gasteiger partial charge in [0.2, 0.25) is 0 Å². The lowest BCUT2D eigenvalue weighted by Gasteiger charge is -2.22. The number of esters is 1. The standard InChI is InChI=1S/C13H16O3/c1-9(10(2)14)13(16-11(3)15)12-7-5-4-6-8-12/h4-9,13H,1-3H3/t9-,13+/m0/s1. The average molecular weight is 220 g/mol. The summed E-state index contributed by atoms with van der Waals surface area (Å²) in [6.07, 6.45) is -0.490. The summed E-state index contributed by atoms with van der Waals surface area (Å²) in [6.45, 7) is 4.62. The zero-order chi connectivity index (χ0) is 12.1. The number of benzene rings is 1. The third kappa shape index (κ3) is 3.19. The second kappa shape index (κ2) is 5.45. The van der Waals surface area contributed by atoms with Crippen molar-refractivity contribution in [1.82, 2.24) is 0 Å². The Morgan fingerprint density at radius 2 is 1.69 bits per heavy atom. The first-order chi connectivity index (χ1) is 7.52. The van der Waals surface area contributed by atoms with Crippen LogP contribution in [0.1, 0.15) is 32.4 Å². The first kappa shape index (κ1) is 12.4. The smallest absolute Gasteiger partial charge is 0.303 e. The van der Waals surface area contributed by atoms with Crippen LogP contribution in [-0.2, 0) is 14.3 Å². The van der Waals surface area contributed by atoms with Gasteiger partial charge in [0, 0.05) is 6.92 Å². The molecule has 1 aromatic rings. The van der Waals surface area contributed by atoms with Crippen LogP contribution in [0, 0.1) is 5.92 Å². The van der Waals surface area contributed by atoms with E-state index in [9.17, 15) is 9.59 Å². The van der Waals surface area contributed by atoms with E-state index in [2.05, 4.69) is 0 Å². The van der Waals surface area contributed by atoms with E-state index >= 15 is 0 Å². The van der Waals surface area contributed by atoms with E-state index in [4.69, 9.17) is 4.74 Å². The summed E-state index contributed by atoms with van der Waals surface area (Å²) in [5, 5.41) is 0. The van der Waals surface area contributed by atoms with Gasteiger partial charge in [0.1, 0.15) is 11.9 Å². The van der Waals surface area contributed by atoms with Crippen molar-refractivity contribution in [2.24, 2.45) is 5.92 Å². The summed E-state index contributed by atoms with van der Waals surface area (Å²) in [5.74, 6) is -0.691. The summed E-state index contributed by atoms with van der Waals surface area (Å²) in [4.78, 5) is 22.4. The molecule has 0 saturated carbocycles. The van der Waals surface area contributed by atoms with Gasteiger partial charge in [-0.2, -0.15) is 0 Å². The number of ketones is 1. The molecule has 86 valence electrons. The minimum atomic E-state index is -0.490. The van der Waals surface area contributed by atoms with Crippen molar-refractivity contribution in [2.45, 2.75) is 26.9 Å². The van der Waals surface area contributed by atoms with Crippen molar-refractivity contribution in [3.63, 3.8) is 0 Å². The maximum absolute atomic E-state index is 11.3. The molecule has 3 heteroatoms. The van der Waals surface area contributed by atoms with E-state index in [-0.39, 0.29) is 17.7 Å². The number of carbonyl (C=O) groups is 2. The Balaban J connectivity index is 2.96. The number of hydrogen-bond acceptors (Lipinski definition) is 3. The van der Waals surface area contributed by atoms with Crippen molar-refractivity contribution >= 4 is 11.8 Å². The fourth-order valence-corrected chi connectivity index (χ4v) is 1.49. The monoisotopic (exact) mass is 220 g/mol. The molecule has 16 heavy (non-hydrogen) atoms. The van der Waals surface area contributed by atoms with E-state index < -0.39 is 6.10 Å². The lowest BCUT2D eigenvalue weighted by molar-refractivity contribution is -0.151. The summed E-state index contributed by atoms with van der Waals surface area (Å²) < 4.78 is 5.20. The van der Waals surface area contributed by atoms with Crippen LogP contribution >= 0.6 is 0 Å². The summed E-state index contributed by atoms with van der Waals surface area (Å²) in [7, 11) is 0. The third-order valence-electron chi connectivity index (χ3n) is 2.52. The van der Waals surface area contributed by atoms with Crippen LogP contribution in [0.15, 0.2) is 30.3 Å². The average Bonchev–Trinajstić information content (AvgIpc) is 2.26. The molecule has 0 aliphatic rings. The Morgan fingerprint density at radius 3 is 2.12 bits per heavy atom. The zero-order valence-corrected chi connectivity index (χ0v) is 9.77. The van der Waals surface area contributed by atoms with Gasteiger partial charge in [-0.1, -0.05) is 37.3 Å². The Morgan fingerprint density at radius 1 is 1.12 bits per heavy atom. The molecular formula is C13H16O3. The van der Waals surface area contributed by atoms with Crippen LogP contribution in [0.5, 0.6) is 0 Å². The number of rotatable bonds is 4.